The molecule has 20 heavy (non-hydrogen) atoms. The Morgan fingerprint density at radius 2 is 2.25 bits per heavy atom. The number of halogens is 1. The first-order chi connectivity index (χ1) is 9.67. The van der Waals surface area contributed by atoms with Crippen LogP contribution in [-0.4, -0.2) is 17.4 Å². The molecule has 1 heterocycles. The lowest BCUT2D eigenvalue weighted by Crippen LogP contribution is -2.29. The van der Waals surface area contributed by atoms with Crippen LogP contribution < -0.4 is 11.1 Å². The predicted molar refractivity (Wildman–Crippen MR) is 82.8 cm³/mol. The molecule has 3 N–H and O–H groups in total. The molecule has 5 heteroatoms. The molecule has 0 radical (unpaired) electrons. The number of nitrogens with one attached hydrogen (secondary N) is 1. The summed E-state index contributed by atoms with van der Waals surface area (Å²) in [6.07, 6.45) is 3.39. The van der Waals surface area contributed by atoms with Crippen molar-refractivity contribution < 1.29 is 4.79 Å². The number of fused-ring (bicyclic) bond motifs is 1. The highest BCUT2D eigenvalue weighted by Crippen LogP contribution is 2.28. The molecule has 0 bridgehead atoms. The number of pyridine rings is 1. The SMILES string of the molecule is CCCC(CN)C(=O)Nc1ccc(Cl)c2cccnc12. The third-order valence-corrected chi connectivity index (χ3v) is 3.60. The highest BCUT2D eigenvalue weighted by molar-refractivity contribution is 6.35. The van der Waals surface area contributed by atoms with Gasteiger partial charge >= 0.3 is 0 Å². The molecule has 1 atom stereocenters. The molecule has 0 aliphatic heterocycles. The number of carbonyl (C=O) groups is 1. The second-order valence-electron chi connectivity index (χ2n) is 4.71. The first kappa shape index (κ1) is 14.8. The van der Waals surface area contributed by atoms with Gasteiger partial charge in [0.2, 0.25) is 5.91 Å². The zero-order valence-electron chi connectivity index (χ0n) is 11.4. The van der Waals surface area contributed by atoms with E-state index >= 15 is 0 Å². The van der Waals surface area contributed by atoms with Crippen LogP contribution in [0.5, 0.6) is 0 Å². The summed E-state index contributed by atoms with van der Waals surface area (Å²) >= 11 is 6.13. The van der Waals surface area contributed by atoms with Crippen molar-refractivity contribution >= 4 is 34.1 Å². The summed E-state index contributed by atoms with van der Waals surface area (Å²) in [6.45, 7) is 2.38. The van der Waals surface area contributed by atoms with Crippen molar-refractivity contribution in [3.8, 4) is 0 Å². The maximum atomic E-state index is 12.2. The number of hydrogen-bond donors (Lipinski definition) is 2. The van der Waals surface area contributed by atoms with E-state index in [2.05, 4.69) is 10.3 Å². The minimum absolute atomic E-state index is 0.0661. The Labute approximate surface area is 123 Å². The van der Waals surface area contributed by atoms with E-state index in [0.717, 1.165) is 18.2 Å². The molecule has 2 aromatic rings. The summed E-state index contributed by atoms with van der Waals surface area (Å²) < 4.78 is 0. The van der Waals surface area contributed by atoms with E-state index in [0.29, 0.717) is 22.8 Å². The highest BCUT2D eigenvalue weighted by Gasteiger charge is 2.17. The van der Waals surface area contributed by atoms with Crippen LogP contribution in [0, 0.1) is 5.92 Å². The Morgan fingerprint density at radius 1 is 1.45 bits per heavy atom. The van der Waals surface area contributed by atoms with Crippen LogP contribution >= 0.6 is 11.6 Å². The molecule has 0 spiro atoms. The lowest BCUT2D eigenvalue weighted by atomic mass is 10.0. The molecule has 0 aliphatic rings. The van der Waals surface area contributed by atoms with Crippen molar-refractivity contribution in [1.82, 2.24) is 4.98 Å². The predicted octanol–water partition coefficient (Wildman–Crippen LogP) is 3.20. The molecule has 1 amide bonds. The third kappa shape index (κ3) is 3.08. The van der Waals surface area contributed by atoms with Gasteiger partial charge in [-0.15, -0.1) is 0 Å². The Balaban J connectivity index is 2.30. The van der Waals surface area contributed by atoms with Crippen LogP contribution in [-0.2, 0) is 4.79 Å². The van der Waals surface area contributed by atoms with Gasteiger partial charge in [0.15, 0.2) is 0 Å². The summed E-state index contributed by atoms with van der Waals surface area (Å²) in [5, 5.41) is 4.35. The van der Waals surface area contributed by atoms with E-state index in [9.17, 15) is 4.79 Å². The topological polar surface area (TPSA) is 68.0 Å². The Morgan fingerprint density at radius 3 is 2.95 bits per heavy atom. The van der Waals surface area contributed by atoms with Crippen molar-refractivity contribution in [3.63, 3.8) is 0 Å². The average Bonchev–Trinajstić information content (AvgIpc) is 2.48. The fourth-order valence-electron chi connectivity index (χ4n) is 2.18. The van der Waals surface area contributed by atoms with Crippen LogP contribution in [0.25, 0.3) is 10.9 Å². The number of amides is 1. The van der Waals surface area contributed by atoms with E-state index in [1.807, 2.05) is 19.1 Å². The second kappa shape index (κ2) is 6.68. The van der Waals surface area contributed by atoms with Gasteiger partial charge in [-0.2, -0.15) is 0 Å². The van der Waals surface area contributed by atoms with Crippen molar-refractivity contribution in [3.05, 3.63) is 35.5 Å². The molecule has 1 aromatic carbocycles. The van der Waals surface area contributed by atoms with Crippen molar-refractivity contribution in [2.24, 2.45) is 11.7 Å². The monoisotopic (exact) mass is 291 g/mol. The van der Waals surface area contributed by atoms with Crippen LogP contribution in [0.2, 0.25) is 5.02 Å². The zero-order chi connectivity index (χ0) is 14.5. The number of nitrogens with two attached hydrogens (primary N) is 1. The lowest BCUT2D eigenvalue weighted by molar-refractivity contribution is -0.119. The van der Waals surface area contributed by atoms with Gasteiger partial charge in [0, 0.05) is 18.1 Å². The number of hydrogen-bond acceptors (Lipinski definition) is 3. The first-order valence-electron chi connectivity index (χ1n) is 6.71. The van der Waals surface area contributed by atoms with Crippen LogP contribution in [0.1, 0.15) is 19.8 Å². The maximum absolute atomic E-state index is 12.2. The number of benzene rings is 1. The standard InChI is InChI=1S/C15H18ClN3O/c1-2-4-10(9-17)15(20)19-13-7-6-12(16)11-5-3-8-18-14(11)13/h3,5-8,10H,2,4,9,17H2,1H3,(H,19,20). The van der Waals surface area contributed by atoms with Gasteiger partial charge in [-0.25, -0.2) is 0 Å². The fourth-order valence-corrected chi connectivity index (χ4v) is 2.39. The summed E-state index contributed by atoms with van der Waals surface area (Å²) in [5.41, 5.74) is 7.02. The molecular formula is C15H18ClN3O. The summed E-state index contributed by atoms with van der Waals surface area (Å²) in [7, 11) is 0. The molecule has 106 valence electrons. The van der Waals surface area contributed by atoms with Crippen molar-refractivity contribution in [1.29, 1.82) is 0 Å². The first-order valence-corrected chi connectivity index (χ1v) is 7.09. The summed E-state index contributed by atoms with van der Waals surface area (Å²) in [6, 6.07) is 7.24. The number of rotatable bonds is 5. The van der Waals surface area contributed by atoms with Gasteiger partial charge in [0.25, 0.3) is 0 Å². The molecule has 0 saturated heterocycles. The van der Waals surface area contributed by atoms with Gasteiger partial charge in [0.05, 0.1) is 22.1 Å². The Kier molecular flexibility index (Phi) is 4.93. The second-order valence-corrected chi connectivity index (χ2v) is 5.11. The van der Waals surface area contributed by atoms with E-state index in [4.69, 9.17) is 17.3 Å². The van der Waals surface area contributed by atoms with Gasteiger partial charge in [-0.3, -0.25) is 9.78 Å². The van der Waals surface area contributed by atoms with Crippen LogP contribution in [0.3, 0.4) is 0 Å². The van der Waals surface area contributed by atoms with E-state index in [1.54, 1.807) is 18.3 Å². The highest BCUT2D eigenvalue weighted by atomic mass is 35.5. The Hall–Kier alpha value is -1.65. The van der Waals surface area contributed by atoms with Crippen LogP contribution in [0.4, 0.5) is 5.69 Å². The minimum atomic E-state index is -0.172. The molecule has 1 aromatic heterocycles. The third-order valence-electron chi connectivity index (χ3n) is 3.27. The number of anilines is 1. The number of aromatic nitrogens is 1. The van der Waals surface area contributed by atoms with Gasteiger partial charge in [-0.05, 0) is 30.7 Å². The lowest BCUT2D eigenvalue weighted by Gasteiger charge is -2.15. The minimum Gasteiger partial charge on any atom is -0.330 e. The molecular weight excluding hydrogens is 274 g/mol. The van der Waals surface area contributed by atoms with Crippen molar-refractivity contribution in [2.45, 2.75) is 19.8 Å². The van der Waals surface area contributed by atoms with Gasteiger partial charge < -0.3 is 11.1 Å². The van der Waals surface area contributed by atoms with Crippen LogP contribution in [0.15, 0.2) is 30.5 Å². The largest absolute Gasteiger partial charge is 0.330 e. The fraction of sp³-hybridized carbons (Fsp3) is 0.333. The quantitative estimate of drug-likeness (QED) is 0.889. The normalized spacial score (nSPS) is 12.3. The molecule has 2 rings (SSSR count). The smallest absolute Gasteiger partial charge is 0.228 e. The molecule has 0 fully saturated rings. The number of carbonyl (C=O) groups excluding carboxylic acids is 1. The van der Waals surface area contributed by atoms with Gasteiger partial charge in [-0.1, -0.05) is 24.9 Å². The molecule has 0 aliphatic carbocycles. The summed E-state index contributed by atoms with van der Waals surface area (Å²) in [5.74, 6) is -0.238. The van der Waals surface area contributed by atoms with E-state index in [1.165, 1.54) is 0 Å². The Bertz CT molecular complexity index is 615. The number of nitrogens with zero attached hydrogens (tertiary/aromatic N) is 1. The van der Waals surface area contributed by atoms with E-state index < -0.39 is 0 Å². The maximum Gasteiger partial charge on any atom is 0.228 e. The van der Waals surface area contributed by atoms with Gasteiger partial charge in [0.1, 0.15) is 0 Å². The van der Waals surface area contributed by atoms with E-state index in [-0.39, 0.29) is 11.8 Å². The zero-order valence-corrected chi connectivity index (χ0v) is 12.2. The molecule has 4 nitrogen and oxygen atoms in total. The summed E-state index contributed by atoms with van der Waals surface area (Å²) in [4.78, 5) is 16.5. The average molecular weight is 292 g/mol. The molecule has 1 unspecified atom stereocenters. The van der Waals surface area contributed by atoms with Crippen molar-refractivity contribution in [2.75, 3.05) is 11.9 Å². The molecule has 0 saturated carbocycles.